The molecule has 1 unspecified atom stereocenters. The van der Waals surface area contributed by atoms with Crippen molar-refractivity contribution in [3.8, 4) is 0 Å². The second-order valence-corrected chi connectivity index (χ2v) is 8.92. The van der Waals surface area contributed by atoms with Crippen molar-refractivity contribution in [2.24, 2.45) is 0 Å². The van der Waals surface area contributed by atoms with Crippen molar-refractivity contribution in [3.05, 3.63) is 77.1 Å². The first kappa shape index (κ1) is 25.3. The molecule has 0 aromatic heterocycles. The maximum absolute atomic E-state index is 13.5. The van der Waals surface area contributed by atoms with E-state index in [0.717, 1.165) is 30.6 Å². The number of carbonyl (C=O) groups is 4. The first-order valence-electron chi connectivity index (χ1n) is 12.3. The van der Waals surface area contributed by atoms with Gasteiger partial charge in [0, 0.05) is 12.1 Å². The fourth-order valence-electron chi connectivity index (χ4n) is 4.64. The van der Waals surface area contributed by atoms with Crippen molar-refractivity contribution in [2.45, 2.75) is 51.5 Å². The number of benzene rings is 2. The van der Waals surface area contributed by atoms with Gasteiger partial charge in [0.25, 0.3) is 11.8 Å². The Morgan fingerprint density at radius 2 is 1.72 bits per heavy atom. The number of allylic oxidation sites excluding steroid dienone is 1. The van der Waals surface area contributed by atoms with E-state index in [4.69, 9.17) is 4.74 Å². The number of nitrogens with zero attached hydrogens (tertiary/aromatic N) is 2. The van der Waals surface area contributed by atoms with Gasteiger partial charge in [-0.15, -0.1) is 0 Å². The van der Waals surface area contributed by atoms with Gasteiger partial charge in [-0.3, -0.25) is 14.4 Å². The molecule has 8 heteroatoms. The van der Waals surface area contributed by atoms with Crippen molar-refractivity contribution in [2.75, 3.05) is 18.1 Å². The molecule has 0 N–H and O–H groups in total. The molecule has 2 aliphatic rings. The van der Waals surface area contributed by atoms with Crippen LogP contribution < -0.4 is 4.90 Å². The highest BCUT2D eigenvalue weighted by molar-refractivity contribution is 6.23. The Balaban J connectivity index is 1.57. The average Bonchev–Trinajstić information content (AvgIpc) is 3.18. The third-order valence-electron chi connectivity index (χ3n) is 6.55. The highest BCUT2D eigenvalue weighted by Gasteiger charge is 2.44. The van der Waals surface area contributed by atoms with E-state index in [1.54, 1.807) is 6.92 Å². The molecular weight excluding hydrogens is 463 g/mol. The molecule has 0 radical (unpaired) electrons. The van der Waals surface area contributed by atoms with E-state index in [2.05, 4.69) is 6.08 Å². The van der Waals surface area contributed by atoms with Gasteiger partial charge in [-0.1, -0.05) is 11.6 Å². The molecule has 7 nitrogen and oxygen atoms in total. The van der Waals surface area contributed by atoms with E-state index in [9.17, 15) is 23.6 Å². The van der Waals surface area contributed by atoms with Crippen LogP contribution in [0.1, 0.15) is 66.2 Å². The fourth-order valence-corrected chi connectivity index (χ4v) is 4.64. The lowest BCUT2D eigenvalue weighted by Crippen LogP contribution is -2.46. The molecule has 1 heterocycles. The average molecular weight is 493 g/mol. The summed E-state index contributed by atoms with van der Waals surface area (Å²) in [5.41, 5.74) is 2.13. The second-order valence-electron chi connectivity index (χ2n) is 8.92. The smallest absolute Gasteiger partial charge is 0.338 e. The van der Waals surface area contributed by atoms with E-state index in [1.165, 1.54) is 59.0 Å². The summed E-state index contributed by atoms with van der Waals surface area (Å²) in [5, 5.41) is 0. The molecule has 36 heavy (non-hydrogen) atoms. The van der Waals surface area contributed by atoms with E-state index in [1.807, 2.05) is 0 Å². The van der Waals surface area contributed by atoms with E-state index < -0.39 is 35.5 Å². The molecule has 4 rings (SSSR count). The van der Waals surface area contributed by atoms with Gasteiger partial charge in [-0.2, -0.15) is 0 Å². The maximum atomic E-state index is 13.5. The molecular formula is C28H29FN2O5. The topological polar surface area (TPSA) is 84.0 Å². The van der Waals surface area contributed by atoms with Crippen LogP contribution in [0.4, 0.5) is 10.1 Å². The second kappa shape index (κ2) is 11.3. The lowest BCUT2D eigenvalue weighted by molar-refractivity contribution is -0.122. The number of halogens is 1. The Labute approximate surface area is 209 Å². The number of carbonyl (C=O) groups excluding carboxylic acids is 4. The van der Waals surface area contributed by atoms with Crippen LogP contribution >= 0.6 is 0 Å². The zero-order chi connectivity index (χ0) is 25.7. The lowest BCUT2D eigenvalue weighted by Gasteiger charge is -2.28. The highest BCUT2D eigenvalue weighted by Crippen LogP contribution is 2.29. The van der Waals surface area contributed by atoms with Crippen molar-refractivity contribution in [3.63, 3.8) is 0 Å². The Kier molecular flexibility index (Phi) is 7.93. The lowest BCUT2D eigenvalue weighted by atomic mass is 9.96. The van der Waals surface area contributed by atoms with Crippen LogP contribution in [0.5, 0.6) is 0 Å². The van der Waals surface area contributed by atoms with Gasteiger partial charge in [-0.05, 0) is 87.6 Å². The summed E-state index contributed by atoms with van der Waals surface area (Å²) in [6.07, 6.45) is 6.83. The Bertz CT molecular complexity index is 1170. The quantitative estimate of drug-likeness (QED) is 0.304. The Hall–Kier alpha value is -3.81. The molecule has 2 aromatic rings. The number of ether oxygens (including phenoxy) is 1. The van der Waals surface area contributed by atoms with Crippen molar-refractivity contribution >= 4 is 29.4 Å². The number of hydrogen-bond donors (Lipinski definition) is 0. The van der Waals surface area contributed by atoms with Gasteiger partial charge in [0.1, 0.15) is 11.9 Å². The number of hydrogen-bond acceptors (Lipinski definition) is 5. The predicted molar refractivity (Wildman–Crippen MR) is 132 cm³/mol. The molecule has 0 spiro atoms. The molecule has 2 aromatic carbocycles. The van der Waals surface area contributed by atoms with Gasteiger partial charge in [-0.25, -0.2) is 14.1 Å². The molecule has 1 aliphatic heterocycles. The molecule has 0 saturated carbocycles. The van der Waals surface area contributed by atoms with Crippen molar-refractivity contribution in [1.82, 2.24) is 4.90 Å². The molecule has 188 valence electrons. The summed E-state index contributed by atoms with van der Waals surface area (Å²) in [6.45, 7) is 2.22. The van der Waals surface area contributed by atoms with Gasteiger partial charge in [0.2, 0.25) is 5.91 Å². The summed E-state index contributed by atoms with van der Waals surface area (Å²) < 4.78 is 18.4. The molecule has 1 aliphatic carbocycles. The molecule has 1 saturated heterocycles. The minimum absolute atomic E-state index is 0.148. The van der Waals surface area contributed by atoms with E-state index in [-0.39, 0.29) is 25.1 Å². The minimum Gasteiger partial charge on any atom is -0.462 e. The van der Waals surface area contributed by atoms with E-state index >= 15 is 0 Å². The minimum atomic E-state index is -0.969. The first-order valence-corrected chi connectivity index (χ1v) is 12.3. The number of amides is 3. The van der Waals surface area contributed by atoms with Crippen LogP contribution in [0.2, 0.25) is 0 Å². The Morgan fingerprint density at radius 1 is 1.03 bits per heavy atom. The van der Waals surface area contributed by atoms with Gasteiger partial charge < -0.3 is 9.64 Å². The predicted octanol–water partition coefficient (Wildman–Crippen LogP) is 4.67. The standard InChI is InChI=1S/C28H29FN2O5/c1-2-36-28(35)21-10-14-23(15-11-21)31-25(32)18-24(27(31)34)30(17-16-19-6-4-3-5-7-19)26(33)20-8-12-22(29)13-9-20/h6,8-15,24H,2-5,7,16-18H2,1H3. The van der Waals surface area contributed by atoms with Crippen LogP contribution in [0.3, 0.4) is 0 Å². The van der Waals surface area contributed by atoms with Crippen molar-refractivity contribution in [1.29, 1.82) is 0 Å². The molecule has 1 atom stereocenters. The van der Waals surface area contributed by atoms with Crippen molar-refractivity contribution < 1.29 is 28.3 Å². The van der Waals surface area contributed by atoms with Gasteiger partial charge in [0.05, 0.1) is 24.3 Å². The summed E-state index contributed by atoms with van der Waals surface area (Å²) in [4.78, 5) is 54.3. The third kappa shape index (κ3) is 5.53. The summed E-state index contributed by atoms with van der Waals surface area (Å²) in [7, 11) is 0. The zero-order valence-corrected chi connectivity index (χ0v) is 20.2. The highest BCUT2D eigenvalue weighted by atomic mass is 19.1. The third-order valence-corrected chi connectivity index (χ3v) is 6.55. The summed E-state index contributed by atoms with van der Waals surface area (Å²) in [5.74, 6) is -2.30. The van der Waals surface area contributed by atoms with Crippen LogP contribution in [0.15, 0.2) is 60.2 Å². The SMILES string of the molecule is CCOC(=O)c1ccc(N2C(=O)CC(N(CCC3=CCCCC3)C(=O)c3ccc(F)cc3)C2=O)cc1. The zero-order valence-electron chi connectivity index (χ0n) is 20.2. The molecule has 3 amide bonds. The normalized spacial score (nSPS) is 17.7. The summed E-state index contributed by atoms with van der Waals surface area (Å²) >= 11 is 0. The monoisotopic (exact) mass is 492 g/mol. The maximum Gasteiger partial charge on any atom is 0.338 e. The summed E-state index contributed by atoms with van der Waals surface area (Å²) in [6, 6.07) is 10.2. The molecule has 0 bridgehead atoms. The number of imide groups is 1. The van der Waals surface area contributed by atoms with E-state index in [0.29, 0.717) is 17.7 Å². The van der Waals surface area contributed by atoms with Crippen LogP contribution in [0.25, 0.3) is 0 Å². The van der Waals surface area contributed by atoms with Crippen LogP contribution in [0, 0.1) is 5.82 Å². The first-order chi connectivity index (χ1) is 17.4. The van der Waals surface area contributed by atoms with Gasteiger partial charge >= 0.3 is 5.97 Å². The van der Waals surface area contributed by atoms with Gasteiger partial charge in [0.15, 0.2) is 0 Å². The Morgan fingerprint density at radius 3 is 2.36 bits per heavy atom. The van der Waals surface area contributed by atoms with Crippen LogP contribution in [-0.2, 0) is 14.3 Å². The number of anilines is 1. The fraction of sp³-hybridized carbons (Fsp3) is 0.357. The van der Waals surface area contributed by atoms with Crippen LogP contribution in [-0.4, -0.2) is 47.8 Å². The largest absolute Gasteiger partial charge is 0.462 e. The number of rotatable bonds is 8. The molecule has 1 fully saturated rings. The number of esters is 1.